The Balaban J connectivity index is 1.59. The van der Waals surface area contributed by atoms with Crippen LogP contribution in [0.25, 0.3) is 11.4 Å². The van der Waals surface area contributed by atoms with Crippen molar-refractivity contribution in [3.05, 3.63) is 29.4 Å². The van der Waals surface area contributed by atoms with E-state index in [9.17, 15) is 4.79 Å². The van der Waals surface area contributed by atoms with E-state index in [2.05, 4.69) is 10.1 Å². The normalized spacial score (nSPS) is 13.9. The third kappa shape index (κ3) is 3.76. The van der Waals surface area contributed by atoms with E-state index in [4.69, 9.17) is 21.1 Å². The second-order valence-corrected chi connectivity index (χ2v) is 5.70. The molecule has 0 saturated heterocycles. The van der Waals surface area contributed by atoms with Crippen LogP contribution < -0.4 is 4.74 Å². The number of pyridine rings is 1. The SMILES string of the molecule is Cn1nc(OCC(=O)OCC2CC2)cc1-c1ccc(Cl)cn1. The highest BCUT2D eigenvalue weighted by atomic mass is 35.5. The molecule has 3 rings (SSSR count). The lowest BCUT2D eigenvalue weighted by Crippen LogP contribution is -2.16. The summed E-state index contributed by atoms with van der Waals surface area (Å²) in [6.07, 6.45) is 3.86. The Hall–Kier alpha value is -2.08. The topological polar surface area (TPSA) is 66.2 Å². The number of ether oxygens (including phenoxy) is 2. The fraction of sp³-hybridized carbons (Fsp3) is 0.400. The molecule has 7 heteroatoms. The fourth-order valence-electron chi connectivity index (χ4n) is 1.95. The van der Waals surface area contributed by atoms with Crippen molar-refractivity contribution in [2.75, 3.05) is 13.2 Å². The van der Waals surface area contributed by atoms with Crippen LogP contribution in [-0.4, -0.2) is 33.9 Å². The van der Waals surface area contributed by atoms with Gasteiger partial charge in [0.1, 0.15) is 0 Å². The van der Waals surface area contributed by atoms with Gasteiger partial charge >= 0.3 is 5.97 Å². The molecule has 6 nitrogen and oxygen atoms in total. The van der Waals surface area contributed by atoms with E-state index in [1.807, 2.05) is 0 Å². The number of rotatable bonds is 6. The summed E-state index contributed by atoms with van der Waals surface area (Å²) in [5, 5.41) is 4.77. The maximum atomic E-state index is 11.5. The molecule has 22 heavy (non-hydrogen) atoms. The number of aryl methyl sites for hydroxylation is 1. The standard InChI is InChI=1S/C15H16ClN3O3/c1-19-13(12-5-4-11(16)7-17-12)6-14(18-19)21-9-15(20)22-8-10-2-3-10/h4-7,10H,2-3,8-9H2,1H3. The number of esters is 1. The Morgan fingerprint density at radius 1 is 1.45 bits per heavy atom. The Bertz CT molecular complexity index is 665. The average molecular weight is 322 g/mol. The third-order valence-corrected chi connectivity index (χ3v) is 3.59. The van der Waals surface area contributed by atoms with Crippen LogP contribution in [0.5, 0.6) is 5.88 Å². The highest BCUT2D eigenvalue weighted by Gasteiger charge is 2.23. The van der Waals surface area contributed by atoms with Gasteiger partial charge in [-0.2, -0.15) is 0 Å². The predicted octanol–water partition coefficient (Wildman–Crippen LogP) is 2.47. The van der Waals surface area contributed by atoms with Crippen LogP contribution >= 0.6 is 11.6 Å². The number of hydrogen-bond donors (Lipinski definition) is 0. The largest absolute Gasteiger partial charge is 0.465 e. The van der Waals surface area contributed by atoms with Gasteiger partial charge in [-0.15, -0.1) is 5.10 Å². The summed E-state index contributed by atoms with van der Waals surface area (Å²) in [4.78, 5) is 15.8. The molecule has 0 N–H and O–H groups in total. The van der Waals surface area contributed by atoms with Crippen LogP contribution in [0.1, 0.15) is 12.8 Å². The van der Waals surface area contributed by atoms with Gasteiger partial charge in [-0.3, -0.25) is 9.67 Å². The van der Waals surface area contributed by atoms with Gasteiger partial charge in [0.2, 0.25) is 5.88 Å². The van der Waals surface area contributed by atoms with E-state index in [1.54, 1.807) is 36.1 Å². The first kappa shape index (κ1) is 14.8. The van der Waals surface area contributed by atoms with Crippen molar-refractivity contribution >= 4 is 17.6 Å². The summed E-state index contributed by atoms with van der Waals surface area (Å²) in [5.74, 6) is 0.530. The molecule has 0 unspecified atom stereocenters. The van der Waals surface area contributed by atoms with Crippen LogP contribution in [0.4, 0.5) is 0 Å². The summed E-state index contributed by atoms with van der Waals surface area (Å²) < 4.78 is 12.1. The predicted molar refractivity (Wildman–Crippen MR) is 80.6 cm³/mol. The van der Waals surface area contributed by atoms with Crippen molar-refractivity contribution in [1.82, 2.24) is 14.8 Å². The summed E-state index contributed by atoms with van der Waals surface area (Å²) in [6, 6.07) is 5.28. The summed E-state index contributed by atoms with van der Waals surface area (Å²) in [5.41, 5.74) is 1.50. The van der Waals surface area contributed by atoms with E-state index in [0.717, 1.165) is 24.2 Å². The molecular weight excluding hydrogens is 306 g/mol. The maximum Gasteiger partial charge on any atom is 0.344 e. The molecule has 0 bridgehead atoms. The molecule has 0 aromatic carbocycles. The molecule has 2 aromatic rings. The van der Waals surface area contributed by atoms with Crippen molar-refractivity contribution in [2.24, 2.45) is 13.0 Å². The van der Waals surface area contributed by atoms with Crippen molar-refractivity contribution in [1.29, 1.82) is 0 Å². The minimum atomic E-state index is -0.372. The van der Waals surface area contributed by atoms with Gasteiger partial charge in [0.15, 0.2) is 6.61 Å². The molecule has 1 fully saturated rings. The second kappa shape index (κ2) is 6.36. The smallest absolute Gasteiger partial charge is 0.344 e. The Labute approximate surface area is 133 Å². The molecular formula is C15H16ClN3O3. The molecule has 116 valence electrons. The number of hydrogen-bond acceptors (Lipinski definition) is 5. The zero-order valence-corrected chi connectivity index (χ0v) is 12.9. The highest BCUT2D eigenvalue weighted by molar-refractivity contribution is 6.30. The zero-order valence-electron chi connectivity index (χ0n) is 12.2. The number of aromatic nitrogens is 3. The lowest BCUT2D eigenvalue weighted by Gasteiger charge is -2.03. The summed E-state index contributed by atoms with van der Waals surface area (Å²) in [6.45, 7) is 0.349. The lowest BCUT2D eigenvalue weighted by molar-refractivity contribution is -0.146. The Kier molecular flexibility index (Phi) is 4.29. The molecule has 0 spiro atoms. The van der Waals surface area contributed by atoms with Crippen LogP contribution in [0.2, 0.25) is 5.02 Å². The first-order chi connectivity index (χ1) is 10.6. The van der Waals surface area contributed by atoms with Crippen molar-refractivity contribution in [3.8, 4) is 17.3 Å². The monoisotopic (exact) mass is 321 g/mol. The molecule has 0 aliphatic heterocycles. The van der Waals surface area contributed by atoms with Crippen molar-refractivity contribution in [2.45, 2.75) is 12.8 Å². The van der Waals surface area contributed by atoms with E-state index in [0.29, 0.717) is 23.4 Å². The zero-order chi connectivity index (χ0) is 15.5. The van der Waals surface area contributed by atoms with Crippen LogP contribution in [0.3, 0.4) is 0 Å². The lowest BCUT2D eigenvalue weighted by atomic mass is 10.3. The Morgan fingerprint density at radius 2 is 2.27 bits per heavy atom. The van der Waals surface area contributed by atoms with Gasteiger partial charge in [0, 0.05) is 19.3 Å². The van der Waals surface area contributed by atoms with Crippen molar-refractivity contribution in [3.63, 3.8) is 0 Å². The number of carbonyl (C=O) groups is 1. The first-order valence-electron chi connectivity index (χ1n) is 7.06. The van der Waals surface area contributed by atoms with E-state index >= 15 is 0 Å². The van der Waals surface area contributed by atoms with Crippen LogP contribution in [0.15, 0.2) is 24.4 Å². The van der Waals surface area contributed by atoms with Crippen molar-refractivity contribution < 1.29 is 14.3 Å². The molecule has 0 radical (unpaired) electrons. The van der Waals surface area contributed by atoms with E-state index in [1.165, 1.54) is 0 Å². The van der Waals surface area contributed by atoms with Gasteiger partial charge in [0.25, 0.3) is 0 Å². The minimum absolute atomic E-state index is 0.142. The number of nitrogens with zero attached hydrogens (tertiary/aromatic N) is 3. The molecule has 0 atom stereocenters. The number of carbonyl (C=O) groups excluding carboxylic acids is 1. The molecule has 1 saturated carbocycles. The van der Waals surface area contributed by atoms with Gasteiger partial charge in [0.05, 0.1) is 23.0 Å². The molecule has 2 heterocycles. The third-order valence-electron chi connectivity index (χ3n) is 3.36. The molecule has 2 aromatic heterocycles. The highest BCUT2D eigenvalue weighted by Crippen LogP contribution is 2.28. The van der Waals surface area contributed by atoms with Gasteiger partial charge in [-0.25, -0.2) is 4.79 Å². The minimum Gasteiger partial charge on any atom is -0.465 e. The molecule has 1 aliphatic rings. The van der Waals surface area contributed by atoms with Gasteiger partial charge < -0.3 is 9.47 Å². The quantitative estimate of drug-likeness (QED) is 0.765. The first-order valence-corrected chi connectivity index (χ1v) is 7.44. The number of halogens is 1. The van der Waals surface area contributed by atoms with Gasteiger partial charge in [-0.05, 0) is 30.9 Å². The van der Waals surface area contributed by atoms with Gasteiger partial charge in [-0.1, -0.05) is 11.6 Å². The molecule has 0 amide bonds. The average Bonchev–Trinajstić information content (AvgIpc) is 3.26. The van der Waals surface area contributed by atoms with Crippen LogP contribution in [-0.2, 0) is 16.6 Å². The summed E-state index contributed by atoms with van der Waals surface area (Å²) >= 11 is 5.82. The van der Waals surface area contributed by atoms with E-state index < -0.39 is 0 Å². The molecule has 1 aliphatic carbocycles. The fourth-order valence-corrected chi connectivity index (χ4v) is 2.06. The summed E-state index contributed by atoms with van der Waals surface area (Å²) in [7, 11) is 1.78. The Morgan fingerprint density at radius 3 is 2.95 bits per heavy atom. The second-order valence-electron chi connectivity index (χ2n) is 5.27. The van der Waals surface area contributed by atoms with E-state index in [-0.39, 0.29) is 12.6 Å². The van der Waals surface area contributed by atoms with Crippen LogP contribution in [0, 0.1) is 5.92 Å². The maximum absolute atomic E-state index is 11.5.